The number of benzene rings is 1. The highest BCUT2D eigenvalue weighted by Crippen LogP contribution is 2.26. The van der Waals surface area contributed by atoms with Crippen molar-refractivity contribution in [3.8, 4) is 0 Å². The lowest BCUT2D eigenvalue weighted by Crippen LogP contribution is -2.24. The van der Waals surface area contributed by atoms with Gasteiger partial charge in [0, 0.05) is 19.2 Å². The van der Waals surface area contributed by atoms with Crippen molar-refractivity contribution in [1.29, 1.82) is 0 Å². The Morgan fingerprint density at radius 1 is 1.35 bits per heavy atom. The summed E-state index contributed by atoms with van der Waals surface area (Å²) in [5, 5.41) is 11.8. The molecule has 0 saturated heterocycles. The van der Waals surface area contributed by atoms with Crippen molar-refractivity contribution in [3.05, 3.63) is 23.8 Å². The topological polar surface area (TPSA) is 58.3 Å². The third-order valence-electron chi connectivity index (χ3n) is 2.64. The molecule has 0 heterocycles. The monoisotopic (exact) mass is 244 g/mol. The van der Waals surface area contributed by atoms with Crippen LogP contribution in [0.1, 0.15) is 20.3 Å². The van der Waals surface area contributed by atoms with Gasteiger partial charge in [-0.25, -0.2) is 8.78 Å². The Morgan fingerprint density at radius 3 is 2.59 bits per heavy atom. The zero-order chi connectivity index (χ0) is 13.1. The van der Waals surface area contributed by atoms with E-state index < -0.39 is 11.6 Å². The van der Waals surface area contributed by atoms with Gasteiger partial charge >= 0.3 is 0 Å². The van der Waals surface area contributed by atoms with Crippen LogP contribution < -0.4 is 11.1 Å². The number of anilines is 2. The molecule has 1 aromatic rings. The molecule has 96 valence electrons. The van der Waals surface area contributed by atoms with Gasteiger partial charge in [0.1, 0.15) is 5.82 Å². The number of nitrogens with one attached hydrogen (secondary N) is 1. The Morgan fingerprint density at radius 2 is 2.00 bits per heavy atom. The maximum Gasteiger partial charge on any atom is 0.151 e. The van der Waals surface area contributed by atoms with E-state index in [-0.39, 0.29) is 23.4 Å². The van der Waals surface area contributed by atoms with Crippen molar-refractivity contribution in [3.63, 3.8) is 0 Å². The minimum Gasteiger partial charge on any atom is -0.396 e. The van der Waals surface area contributed by atoms with Gasteiger partial charge in [-0.1, -0.05) is 13.8 Å². The van der Waals surface area contributed by atoms with Crippen molar-refractivity contribution in [2.45, 2.75) is 20.3 Å². The number of hydrogen-bond donors (Lipinski definition) is 3. The summed E-state index contributed by atoms with van der Waals surface area (Å²) in [6, 6.07) is 1.91. The van der Waals surface area contributed by atoms with Gasteiger partial charge in [-0.3, -0.25) is 0 Å². The van der Waals surface area contributed by atoms with E-state index in [1.165, 1.54) is 0 Å². The van der Waals surface area contributed by atoms with Crippen LogP contribution in [0.5, 0.6) is 0 Å². The predicted molar refractivity (Wildman–Crippen MR) is 64.7 cm³/mol. The van der Waals surface area contributed by atoms with Gasteiger partial charge in [0.15, 0.2) is 5.82 Å². The first-order valence-electron chi connectivity index (χ1n) is 5.45. The molecular weight excluding hydrogens is 226 g/mol. The molecular formula is C12H18F2N2O. The lowest BCUT2D eigenvalue weighted by molar-refractivity contribution is 0.220. The fraction of sp³-hybridized carbons (Fsp3) is 0.500. The first-order valence-corrected chi connectivity index (χ1v) is 5.45. The van der Waals surface area contributed by atoms with E-state index in [0.29, 0.717) is 13.0 Å². The van der Waals surface area contributed by atoms with Crippen LogP contribution in [-0.4, -0.2) is 18.3 Å². The molecule has 5 heteroatoms. The van der Waals surface area contributed by atoms with Gasteiger partial charge < -0.3 is 16.2 Å². The maximum absolute atomic E-state index is 13.2. The molecule has 0 aliphatic carbocycles. The van der Waals surface area contributed by atoms with Crippen LogP contribution in [-0.2, 0) is 0 Å². The fourth-order valence-corrected chi connectivity index (χ4v) is 1.46. The molecule has 0 aliphatic heterocycles. The van der Waals surface area contributed by atoms with E-state index in [0.717, 1.165) is 12.1 Å². The summed E-state index contributed by atoms with van der Waals surface area (Å²) in [7, 11) is 0. The molecule has 0 radical (unpaired) electrons. The summed E-state index contributed by atoms with van der Waals surface area (Å²) in [5.41, 5.74) is 5.48. The largest absolute Gasteiger partial charge is 0.396 e. The minimum atomic E-state index is -0.771. The van der Waals surface area contributed by atoms with Crippen LogP contribution in [0.25, 0.3) is 0 Å². The van der Waals surface area contributed by atoms with E-state index in [4.69, 9.17) is 10.8 Å². The zero-order valence-corrected chi connectivity index (χ0v) is 10.1. The highest BCUT2D eigenvalue weighted by atomic mass is 19.1. The number of aliphatic hydroxyl groups is 1. The lowest BCUT2D eigenvalue weighted by atomic mass is 9.89. The van der Waals surface area contributed by atoms with Gasteiger partial charge in [0.2, 0.25) is 0 Å². The van der Waals surface area contributed by atoms with E-state index in [2.05, 4.69) is 5.32 Å². The second kappa shape index (κ2) is 5.31. The molecule has 0 saturated carbocycles. The molecule has 1 rings (SSSR count). The highest BCUT2D eigenvalue weighted by molar-refractivity contribution is 5.66. The van der Waals surface area contributed by atoms with E-state index in [1.54, 1.807) is 0 Å². The highest BCUT2D eigenvalue weighted by Gasteiger charge is 2.18. The quantitative estimate of drug-likeness (QED) is 0.697. The number of nitrogens with two attached hydrogens (primary N) is 1. The molecule has 0 fully saturated rings. The Bertz CT molecular complexity index is 394. The first-order chi connectivity index (χ1) is 7.85. The van der Waals surface area contributed by atoms with E-state index in [1.807, 2.05) is 13.8 Å². The number of halogens is 2. The third kappa shape index (κ3) is 3.85. The van der Waals surface area contributed by atoms with Crippen LogP contribution in [0.15, 0.2) is 12.1 Å². The van der Waals surface area contributed by atoms with Crippen LogP contribution in [0.4, 0.5) is 20.2 Å². The summed E-state index contributed by atoms with van der Waals surface area (Å²) >= 11 is 0. The van der Waals surface area contributed by atoms with Crippen molar-refractivity contribution in [1.82, 2.24) is 0 Å². The third-order valence-corrected chi connectivity index (χ3v) is 2.64. The van der Waals surface area contributed by atoms with Gasteiger partial charge in [-0.15, -0.1) is 0 Å². The Hall–Kier alpha value is -1.36. The first kappa shape index (κ1) is 13.7. The molecule has 4 N–H and O–H groups in total. The number of nitrogen functional groups attached to an aromatic ring is 1. The molecule has 3 nitrogen and oxygen atoms in total. The summed E-state index contributed by atoms with van der Waals surface area (Å²) in [6.45, 7) is 4.44. The zero-order valence-electron chi connectivity index (χ0n) is 10.1. The van der Waals surface area contributed by atoms with E-state index in [9.17, 15) is 8.78 Å². The van der Waals surface area contributed by atoms with Crippen LogP contribution in [0, 0.1) is 17.0 Å². The fourth-order valence-electron chi connectivity index (χ4n) is 1.46. The normalized spacial score (nSPS) is 11.6. The Labute approximate surface area is 99.6 Å². The second-order valence-corrected chi connectivity index (χ2v) is 4.84. The van der Waals surface area contributed by atoms with Gasteiger partial charge in [0.25, 0.3) is 0 Å². The summed E-state index contributed by atoms with van der Waals surface area (Å²) in [6.07, 6.45) is 0.595. The number of rotatable bonds is 5. The Kier molecular flexibility index (Phi) is 4.28. The average molecular weight is 244 g/mol. The van der Waals surface area contributed by atoms with E-state index >= 15 is 0 Å². The van der Waals surface area contributed by atoms with Gasteiger partial charge in [0.05, 0.1) is 11.4 Å². The van der Waals surface area contributed by atoms with Crippen LogP contribution in [0.2, 0.25) is 0 Å². The summed E-state index contributed by atoms with van der Waals surface area (Å²) in [5.74, 6) is -1.44. The molecule has 0 unspecified atom stereocenters. The van der Waals surface area contributed by atoms with Gasteiger partial charge in [-0.05, 0) is 17.9 Å². The van der Waals surface area contributed by atoms with Crippen molar-refractivity contribution < 1.29 is 13.9 Å². The predicted octanol–water partition coefficient (Wildman–Crippen LogP) is 2.37. The van der Waals surface area contributed by atoms with Crippen molar-refractivity contribution >= 4 is 11.4 Å². The second-order valence-electron chi connectivity index (χ2n) is 4.84. The lowest BCUT2D eigenvalue weighted by Gasteiger charge is -2.25. The summed E-state index contributed by atoms with van der Waals surface area (Å²) < 4.78 is 26.2. The van der Waals surface area contributed by atoms with Crippen LogP contribution >= 0.6 is 0 Å². The van der Waals surface area contributed by atoms with Gasteiger partial charge in [-0.2, -0.15) is 0 Å². The van der Waals surface area contributed by atoms with Crippen molar-refractivity contribution in [2.24, 2.45) is 5.41 Å². The molecule has 0 aliphatic rings. The minimum absolute atomic E-state index is 0.0711. The number of hydrogen-bond acceptors (Lipinski definition) is 3. The molecule has 1 aromatic carbocycles. The molecule has 0 amide bonds. The maximum atomic E-state index is 13.2. The average Bonchev–Trinajstić information content (AvgIpc) is 2.21. The van der Waals surface area contributed by atoms with Crippen LogP contribution in [0.3, 0.4) is 0 Å². The smallest absolute Gasteiger partial charge is 0.151 e. The molecule has 0 bridgehead atoms. The Balaban J connectivity index is 2.76. The molecule has 0 aromatic heterocycles. The SMILES string of the molecule is CC(C)(CCO)CNc1cc(F)cc(F)c1N. The summed E-state index contributed by atoms with van der Waals surface area (Å²) in [4.78, 5) is 0. The molecule has 0 spiro atoms. The van der Waals surface area contributed by atoms with Crippen molar-refractivity contribution in [2.75, 3.05) is 24.2 Å². The molecule has 0 atom stereocenters. The number of aliphatic hydroxyl groups excluding tert-OH is 1. The molecule has 17 heavy (non-hydrogen) atoms. The standard InChI is InChI=1S/C12H18F2N2O/c1-12(2,3-4-17)7-16-10-6-8(13)5-9(14)11(10)15/h5-6,16-17H,3-4,7,15H2,1-2H3.